The Hall–Kier alpha value is -3.67. The van der Waals surface area contributed by atoms with Crippen molar-refractivity contribution in [3.8, 4) is 17.2 Å². The number of ether oxygens (including phenoxy) is 1. The molecule has 0 fully saturated rings. The Labute approximate surface area is 162 Å². The number of anilines is 1. The van der Waals surface area contributed by atoms with E-state index < -0.39 is 0 Å². The normalized spacial score (nSPS) is 10.8. The molecule has 2 aromatic heterocycles. The van der Waals surface area contributed by atoms with Crippen molar-refractivity contribution in [3.05, 3.63) is 72.6 Å². The zero-order valence-corrected chi connectivity index (χ0v) is 15.4. The van der Waals surface area contributed by atoms with Crippen LogP contribution < -0.4 is 10.1 Å². The van der Waals surface area contributed by atoms with Crippen molar-refractivity contribution in [1.29, 1.82) is 0 Å². The largest absolute Gasteiger partial charge is 0.494 e. The molecule has 140 valence electrons. The van der Waals surface area contributed by atoms with Crippen LogP contribution in [-0.4, -0.2) is 22.5 Å². The maximum absolute atomic E-state index is 12.4. The van der Waals surface area contributed by atoms with Crippen LogP contribution in [0.1, 0.15) is 12.5 Å². The van der Waals surface area contributed by atoms with Gasteiger partial charge in [0, 0.05) is 29.7 Å². The van der Waals surface area contributed by atoms with Crippen LogP contribution in [0.2, 0.25) is 0 Å². The molecule has 6 heteroatoms. The molecule has 0 aliphatic heterocycles. The molecular formula is C22H19N3O3. The quantitative estimate of drug-likeness (QED) is 0.540. The SMILES string of the molecule is CCOc1ccc(CC(=O)Nc2ccc3nc(-c4ccncc4)oc3c2)cc1. The van der Waals surface area contributed by atoms with Gasteiger partial charge in [0.1, 0.15) is 11.3 Å². The van der Waals surface area contributed by atoms with Crippen molar-refractivity contribution < 1.29 is 13.9 Å². The summed E-state index contributed by atoms with van der Waals surface area (Å²) >= 11 is 0. The second kappa shape index (κ2) is 7.92. The molecule has 6 nitrogen and oxygen atoms in total. The number of benzene rings is 2. The Balaban J connectivity index is 1.46. The Morgan fingerprint density at radius 2 is 1.86 bits per heavy atom. The van der Waals surface area contributed by atoms with E-state index >= 15 is 0 Å². The number of nitrogens with zero attached hydrogens (tertiary/aromatic N) is 2. The smallest absolute Gasteiger partial charge is 0.228 e. The molecule has 0 bridgehead atoms. The maximum atomic E-state index is 12.4. The molecule has 0 unspecified atom stereocenters. The maximum Gasteiger partial charge on any atom is 0.228 e. The minimum atomic E-state index is -0.0996. The van der Waals surface area contributed by atoms with Gasteiger partial charge in [-0.2, -0.15) is 0 Å². The summed E-state index contributed by atoms with van der Waals surface area (Å²) in [6.45, 7) is 2.56. The van der Waals surface area contributed by atoms with E-state index in [1.54, 1.807) is 18.5 Å². The van der Waals surface area contributed by atoms with E-state index in [9.17, 15) is 4.79 Å². The van der Waals surface area contributed by atoms with E-state index in [4.69, 9.17) is 9.15 Å². The predicted molar refractivity (Wildman–Crippen MR) is 107 cm³/mol. The molecular weight excluding hydrogens is 354 g/mol. The summed E-state index contributed by atoms with van der Waals surface area (Å²) in [6, 6.07) is 16.6. The van der Waals surface area contributed by atoms with E-state index in [0.717, 1.165) is 22.4 Å². The molecule has 4 aromatic rings. The van der Waals surface area contributed by atoms with Crippen LogP contribution in [0.5, 0.6) is 5.75 Å². The monoisotopic (exact) mass is 373 g/mol. The summed E-state index contributed by atoms with van der Waals surface area (Å²) in [6.07, 6.45) is 3.66. The first-order chi connectivity index (χ1) is 13.7. The summed E-state index contributed by atoms with van der Waals surface area (Å²) in [4.78, 5) is 20.8. The fraction of sp³-hybridized carbons (Fsp3) is 0.136. The first kappa shape index (κ1) is 17.7. The van der Waals surface area contributed by atoms with Gasteiger partial charge in [-0.25, -0.2) is 4.98 Å². The van der Waals surface area contributed by atoms with Gasteiger partial charge in [0.25, 0.3) is 0 Å². The highest BCUT2D eigenvalue weighted by atomic mass is 16.5. The highest BCUT2D eigenvalue weighted by Crippen LogP contribution is 2.26. The van der Waals surface area contributed by atoms with E-state index in [1.165, 1.54) is 0 Å². The van der Waals surface area contributed by atoms with Crippen LogP contribution in [0, 0.1) is 0 Å². The van der Waals surface area contributed by atoms with Crippen molar-refractivity contribution in [2.75, 3.05) is 11.9 Å². The predicted octanol–water partition coefficient (Wildman–Crippen LogP) is 4.47. The molecule has 1 amide bonds. The van der Waals surface area contributed by atoms with Crippen molar-refractivity contribution in [2.45, 2.75) is 13.3 Å². The van der Waals surface area contributed by atoms with Crippen LogP contribution in [0.3, 0.4) is 0 Å². The number of carbonyl (C=O) groups excluding carboxylic acids is 1. The number of aromatic nitrogens is 2. The number of oxazole rings is 1. The molecule has 0 radical (unpaired) electrons. The van der Waals surface area contributed by atoms with Gasteiger partial charge in [0.15, 0.2) is 5.58 Å². The third-order valence-electron chi connectivity index (χ3n) is 4.20. The van der Waals surface area contributed by atoms with Gasteiger partial charge in [-0.1, -0.05) is 12.1 Å². The van der Waals surface area contributed by atoms with Crippen molar-refractivity contribution in [3.63, 3.8) is 0 Å². The van der Waals surface area contributed by atoms with Crippen LogP contribution in [-0.2, 0) is 11.2 Å². The molecule has 0 aliphatic carbocycles. The molecule has 2 heterocycles. The third kappa shape index (κ3) is 4.01. The number of carbonyl (C=O) groups is 1. The third-order valence-corrected chi connectivity index (χ3v) is 4.20. The standard InChI is InChI=1S/C22H19N3O3/c1-2-27-18-6-3-15(4-7-18)13-21(26)24-17-5-8-19-20(14-17)28-22(25-19)16-9-11-23-12-10-16/h3-12,14H,2,13H2,1H3,(H,24,26). The fourth-order valence-corrected chi connectivity index (χ4v) is 2.88. The molecule has 0 aliphatic rings. The highest BCUT2D eigenvalue weighted by Gasteiger charge is 2.10. The van der Waals surface area contributed by atoms with E-state index in [0.29, 0.717) is 23.8 Å². The molecule has 0 saturated heterocycles. The van der Waals surface area contributed by atoms with Gasteiger partial charge in [0.2, 0.25) is 11.8 Å². The molecule has 0 spiro atoms. The molecule has 0 atom stereocenters. The molecule has 4 rings (SSSR count). The lowest BCUT2D eigenvalue weighted by Crippen LogP contribution is -2.14. The molecule has 1 N–H and O–H groups in total. The lowest BCUT2D eigenvalue weighted by atomic mass is 10.1. The summed E-state index contributed by atoms with van der Waals surface area (Å²) in [7, 11) is 0. The molecule has 0 saturated carbocycles. The lowest BCUT2D eigenvalue weighted by Gasteiger charge is -2.06. The first-order valence-corrected chi connectivity index (χ1v) is 9.04. The summed E-state index contributed by atoms with van der Waals surface area (Å²) in [5, 5.41) is 2.90. The minimum absolute atomic E-state index is 0.0996. The Morgan fingerprint density at radius 3 is 2.61 bits per heavy atom. The van der Waals surface area contributed by atoms with E-state index in [-0.39, 0.29) is 12.3 Å². The van der Waals surface area contributed by atoms with Gasteiger partial charge in [-0.05, 0) is 48.9 Å². The summed E-state index contributed by atoms with van der Waals surface area (Å²) < 4.78 is 11.2. The van der Waals surface area contributed by atoms with Crippen molar-refractivity contribution >= 4 is 22.7 Å². The average Bonchev–Trinajstić information content (AvgIpc) is 3.14. The van der Waals surface area contributed by atoms with Gasteiger partial charge in [0.05, 0.1) is 13.0 Å². The number of pyridine rings is 1. The van der Waals surface area contributed by atoms with Crippen molar-refractivity contribution in [2.24, 2.45) is 0 Å². The van der Waals surface area contributed by atoms with Crippen LogP contribution >= 0.6 is 0 Å². The molecule has 28 heavy (non-hydrogen) atoms. The Kier molecular flexibility index (Phi) is 5.01. The fourth-order valence-electron chi connectivity index (χ4n) is 2.88. The molecule has 2 aromatic carbocycles. The summed E-state index contributed by atoms with van der Waals surface area (Å²) in [5.41, 5.74) is 3.79. The van der Waals surface area contributed by atoms with Crippen molar-refractivity contribution in [1.82, 2.24) is 9.97 Å². The number of hydrogen-bond donors (Lipinski definition) is 1. The topological polar surface area (TPSA) is 77.2 Å². The minimum Gasteiger partial charge on any atom is -0.494 e. The zero-order chi connectivity index (χ0) is 19.3. The lowest BCUT2D eigenvalue weighted by molar-refractivity contribution is -0.115. The number of nitrogens with one attached hydrogen (secondary N) is 1. The summed E-state index contributed by atoms with van der Waals surface area (Å²) in [5.74, 6) is 1.22. The second-order valence-corrected chi connectivity index (χ2v) is 6.24. The van der Waals surface area contributed by atoms with Crippen LogP contribution in [0.15, 0.2) is 71.4 Å². The number of rotatable bonds is 6. The number of hydrogen-bond acceptors (Lipinski definition) is 5. The highest BCUT2D eigenvalue weighted by molar-refractivity contribution is 5.94. The van der Waals surface area contributed by atoms with Crippen LogP contribution in [0.4, 0.5) is 5.69 Å². The Morgan fingerprint density at radius 1 is 1.07 bits per heavy atom. The zero-order valence-electron chi connectivity index (χ0n) is 15.4. The number of amides is 1. The average molecular weight is 373 g/mol. The first-order valence-electron chi connectivity index (χ1n) is 9.04. The second-order valence-electron chi connectivity index (χ2n) is 6.24. The van der Waals surface area contributed by atoms with Gasteiger partial charge in [-0.15, -0.1) is 0 Å². The van der Waals surface area contributed by atoms with Gasteiger partial charge in [-0.3, -0.25) is 9.78 Å². The number of fused-ring (bicyclic) bond motifs is 1. The van der Waals surface area contributed by atoms with Gasteiger partial charge >= 0.3 is 0 Å². The van der Waals surface area contributed by atoms with E-state index in [1.807, 2.05) is 55.5 Å². The van der Waals surface area contributed by atoms with Crippen LogP contribution in [0.25, 0.3) is 22.6 Å². The Bertz CT molecular complexity index is 1090. The van der Waals surface area contributed by atoms with Gasteiger partial charge < -0.3 is 14.5 Å². The van der Waals surface area contributed by atoms with E-state index in [2.05, 4.69) is 15.3 Å².